The number of anilines is 1. The summed E-state index contributed by atoms with van der Waals surface area (Å²) in [5, 5.41) is 13.1. The number of carbonyl (C=O) groups excluding carboxylic acids is 2. The fraction of sp³-hybridized carbons (Fsp3) is 0.263. The van der Waals surface area contributed by atoms with Crippen LogP contribution in [0.5, 0.6) is 5.75 Å². The average molecular weight is 390 g/mol. The summed E-state index contributed by atoms with van der Waals surface area (Å²) in [4.78, 5) is 33.8. The summed E-state index contributed by atoms with van der Waals surface area (Å²) < 4.78 is 23.7. The molecule has 0 bridgehead atoms. The van der Waals surface area contributed by atoms with Gasteiger partial charge in [-0.2, -0.15) is 4.39 Å². The first-order chi connectivity index (χ1) is 13.3. The number of nitro groups is 1. The van der Waals surface area contributed by atoms with Crippen molar-refractivity contribution in [3.63, 3.8) is 0 Å². The Labute approximate surface area is 160 Å². The molecule has 2 rings (SSSR count). The molecule has 1 atom stereocenters. The van der Waals surface area contributed by atoms with Gasteiger partial charge >= 0.3 is 11.7 Å². The number of hydrogen-bond acceptors (Lipinski definition) is 6. The van der Waals surface area contributed by atoms with E-state index in [1.807, 2.05) is 19.1 Å². The van der Waals surface area contributed by atoms with Gasteiger partial charge in [0.05, 0.1) is 4.92 Å². The number of esters is 1. The van der Waals surface area contributed by atoms with E-state index in [0.717, 1.165) is 24.1 Å². The van der Waals surface area contributed by atoms with Gasteiger partial charge in [0.25, 0.3) is 5.91 Å². The van der Waals surface area contributed by atoms with Crippen LogP contribution in [0.3, 0.4) is 0 Å². The molecule has 0 aliphatic rings. The molecule has 28 heavy (non-hydrogen) atoms. The highest BCUT2D eigenvalue weighted by Gasteiger charge is 2.20. The molecule has 1 unspecified atom stereocenters. The average Bonchev–Trinajstić information content (AvgIpc) is 2.67. The summed E-state index contributed by atoms with van der Waals surface area (Å²) >= 11 is 0. The van der Waals surface area contributed by atoms with Gasteiger partial charge in [0.2, 0.25) is 5.82 Å². The molecule has 0 aliphatic carbocycles. The van der Waals surface area contributed by atoms with Crippen LogP contribution in [0.1, 0.15) is 19.4 Å². The molecule has 0 saturated heterocycles. The molecule has 0 fully saturated rings. The molecule has 8 nitrogen and oxygen atoms in total. The van der Waals surface area contributed by atoms with E-state index in [2.05, 4.69) is 5.32 Å². The third-order valence-electron chi connectivity index (χ3n) is 3.79. The third kappa shape index (κ3) is 5.50. The predicted molar refractivity (Wildman–Crippen MR) is 98.6 cm³/mol. The largest absolute Gasteiger partial charge is 0.482 e. The van der Waals surface area contributed by atoms with Crippen molar-refractivity contribution in [3.05, 3.63) is 64.0 Å². The van der Waals surface area contributed by atoms with Crippen LogP contribution in [-0.4, -0.2) is 29.5 Å². The summed E-state index contributed by atoms with van der Waals surface area (Å²) in [6.07, 6.45) is -0.449. The Morgan fingerprint density at radius 2 is 1.96 bits per heavy atom. The van der Waals surface area contributed by atoms with Gasteiger partial charge in [-0.05, 0) is 37.1 Å². The maximum Gasteiger partial charge on any atom is 0.344 e. The normalized spacial score (nSPS) is 11.4. The Balaban J connectivity index is 1.90. The highest BCUT2D eigenvalue weighted by Crippen LogP contribution is 2.22. The van der Waals surface area contributed by atoms with Gasteiger partial charge in [0, 0.05) is 11.8 Å². The van der Waals surface area contributed by atoms with Gasteiger partial charge in [-0.1, -0.05) is 25.1 Å². The molecule has 0 spiro atoms. The highest BCUT2D eigenvalue weighted by atomic mass is 19.1. The summed E-state index contributed by atoms with van der Waals surface area (Å²) in [6.45, 7) is 2.91. The summed E-state index contributed by atoms with van der Waals surface area (Å²) in [5.74, 6) is -1.94. The van der Waals surface area contributed by atoms with Gasteiger partial charge in [-0.3, -0.25) is 14.9 Å². The van der Waals surface area contributed by atoms with Crippen LogP contribution in [0.2, 0.25) is 0 Å². The molecular formula is C19H19FN2O6. The van der Waals surface area contributed by atoms with Crippen LogP contribution >= 0.6 is 0 Å². The lowest BCUT2D eigenvalue weighted by atomic mass is 10.1. The van der Waals surface area contributed by atoms with Crippen molar-refractivity contribution >= 4 is 23.3 Å². The number of para-hydroxylation sites is 1. The first kappa shape index (κ1) is 20.8. The van der Waals surface area contributed by atoms with Gasteiger partial charge in [-0.25, -0.2) is 4.79 Å². The molecule has 0 radical (unpaired) electrons. The number of rotatable bonds is 8. The van der Waals surface area contributed by atoms with E-state index < -0.39 is 34.4 Å². The number of nitrogens with zero attached hydrogens (tertiary/aromatic N) is 1. The van der Waals surface area contributed by atoms with Gasteiger partial charge in [0.1, 0.15) is 5.75 Å². The number of benzene rings is 2. The lowest BCUT2D eigenvalue weighted by molar-refractivity contribution is -0.387. The van der Waals surface area contributed by atoms with Crippen molar-refractivity contribution in [3.8, 4) is 5.75 Å². The first-order valence-corrected chi connectivity index (χ1v) is 8.46. The molecule has 0 aromatic heterocycles. The van der Waals surface area contributed by atoms with E-state index in [9.17, 15) is 24.1 Å². The van der Waals surface area contributed by atoms with Crippen LogP contribution in [0.15, 0.2) is 42.5 Å². The van der Waals surface area contributed by atoms with Crippen LogP contribution in [-0.2, 0) is 20.7 Å². The smallest absolute Gasteiger partial charge is 0.344 e. The summed E-state index contributed by atoms with van der Waals surface area (Å²) in [7, 11) is 0. The Kier molecular flexibility index (Phi) is 7.02. The molecule has 0 saturated carbocycles. The quantitative estimate of drug-likeness (QED) is 0.421. The Morgan fingerprint density at radius 1 is 1.25 bits per heavy atom. The highest BCUT2D eigenvalue weighted by molar-refractivity contribution is 5.95. The fourth-order valence-electron chi connectivity index (χ4n) is 2.33. The number of nitrogens with one attached hydrogen (secondary N) is 1. The van der Waals surface area contributed by atoms with E-state index in [-0.39, 0.29) is 12.3 Å². The van der Waals surface area contributed by atoms with Crippen LogP contribution in [0.4, 0.5) is 15.8 Å². The molecule has 1 amide bonds. The van der Waals surface area contributed by atoms with Crippen molar-refractivity contribution < 1.29 is 28.4 Å². The SMILES string of the molecule is CCc1ccccc1OCC(=O)OC(C)C(=O)Nc1ccc(F)c([N+](=O)[O-])c1. The fourth-order valence-corrected chi connectivity index (χ4v) is 2.33. The molecule has 0 heterocycles. The second kappa shape index (κ2) is 9.45. The second-order valence-corrected chi connectivity index (χ2v) is 5.79. The summed E-state index contributed by atoms with van der Waals surface area (Å²) in [5.41, 5.74) is 0.165. The minimum atomic E-state index is -1.18. The zero-order chi connectivity index (χ0) is 20.7. The van der Waals surface area contributed by atoms with Gasteiger partial charge in [0.15, 0.2) is 12.7 Å². The van der Waals surface area contributed by atoms with E-state index in [4.69, 9.17) is 9.47 Å². The third-order valence-corrected chi connectivity index (χ3v) is 3.79. The lowest BCUT2D eigenvalue weighted by Gasteiger charge is -2.14. The van der Waals surface area contributed by atoms with E-state index in [0.29, 0.717) is 5.75 Å². The number of nitro benzene ring substituents is 1. The van der Waals surface area contributed by atoms with Crippen molar-refractivity contribution in [2.24, 2.45) is 0 Å². The van der Waals surface area contributed by atoms with E-state index in [1.54, 1.807) is 12.1 Å². The number of hydrogen-bond donors (Lipinski definition) is 1. The van der Waals surface area contributed by atoms with E-state index in [1.165, 1.54) is 13.0 Å². The standard InChI is InChI=1S/C19H19FN2O6/c1-3-13-6-4-5-7-17(13)27-11-18(23)28-12(2)19(24)21-14-8-9-15(20)16(10-14)22(25)26/h4-10,12H,3,11H2,1-2H3,(H,21,24). The van der Waals surface area contributed by atoms with Crippen molar-refractivity contribution in [1.82, 2.24) is 0 Å². The molecule has 1 N–H and O–H groups in total. The predicted octanol–water partition coefficient (Wildman–Crippen LogP) is 3.25. The van der Waals surface area contributed by atoms with Crippen LogP contribution in [0.25, 0.3) is 0 Å². The van der Waals surface area contributed by atoms with Crippen molar-refractivity contribution in [2.75, 3.05) is 11.9 Å². The zero-order valence-electron chi connectivity index (χ0n) is 15.3. The monoisotopic (exact) mass is 390 g/mol. The molecule has 0 aliphatic heterocycles. The number of carbonyl (C=O) groups is 2. The minimum absolute atomic E-state index is 0.00845. The Bertz CT molecular complexity index is 886. The first-order valence-electron chi connectivity index (χ1n) is 8.46. The number of aryl methyl sites for hydroxylation is 1. The molecular weight excluding hydrogens is 371 g/mol. The number of amides is 1. The Morgan fingerprint density at radius 3 is 2.64 bits per heavy atom. The topological polar surface area (TPSA) is 108 Å². The van der Waals surface area contributed by atoms with E-state index >= 15 is 0 Å². The zero-order valence-corrected chi connectivity index (χ0v) is 15.3. The molecule has 2 aromatic rings. The number of halogens is 1. The summed E-state index contributed by atoms with van der Waals surface area (Å²) in [6, 6.07) is 10.1. The maximum absolute atomic E-state index is 13.3. The second-order valence-electron chi connectivity index (χ2n) is 5.79. The maximum atomic E-state index is 13.3. The van der Waals surface area contributed by atoms with Gasteiger partial charge < -0.3 is 14.8 Å². The molecule has 9 heteroatoms. The Hall–Kier alpha value is -3.49. The van der Waals surface area contributed by atoms with Crippen LogP contribution < -0.4 is 10.1 Å². The molecule has 148 valence electrons. The molecule has 2 aromatic carbocycles. The minimum Gasteiger partial charge on any atom is -0.482 e. The number of ether oxygens (including phenoxy) is 2. The van der Waals surface area contributed by atoms with Crippen molar-refractivity contribution in [2.45, 2.75) is 26.4 Å². The lowest BCUT2D eigenvalue weighted by Crippen LogP contribution is -2.31. The van der Waals surface area contributed by atoms with Crippen molar-refractivity contribution in [1.29, 1.82) is 0 Å². The van der Waals surface area contributed by atoms with Crippen LogP contribution in [0, 0.1) is 15.9 Å². The van der Waals surface area contributed by atoms with Gasteiger partial charge in [-0.15, -0.1) is 0 Å².